The fourth-order valence-electron chi connectivity index (χ4n) is 2.03. The van der Waals surface area contributed by atoms with E-state index >= 15 is 0 Å². The van der Waals surface area contributed by atoms with Gasteiger partial charge in [-0.2, -0.15) is 0 Å². The van der Waals surface area contributed by atoms with Crippen molar-refractivity contribution >= 4 is 5.78 Å². The average molecular weight is 254 g/mol. The van der Waals surface area contributed by atoms with E-state index in [-0.39, 0.29) is 11.7 Å². The van der Waals surface area contributed by atoms with E-state index in [0.717, 1.165) is 16.9 Å². The van der Waals surface area contributed by atoms with Gasteiger partial charge in [-0.05, 0) is 23.3 Å². The summed E-state index contributed by atoms with van der Waals surface area (Å²) in [6.07, 6.45) is 0.480. The summed E-state index contributed by atoms with van der Waals surface area (Å²) in [6, 6.07) is 17.5. The Kier molecular flexibility index (Phi) is 4.35. The van der Waals surface area contributed by atoms with Gasteiger partial charge >= 0.3 is 0 Å². The number of methoxy groups -OCH3 is 1. The zero-order valence-corrected chi connectivity index (χ0v) is 11.3. The third-order valence-corrected chi connectivity index (χ3v) is 3.32. The molecule has 2 heteroatoms. The summed E-state index contributed by atoms with van der Waals surface area (Å²) in [5.74, 6) is 0.953. The van der Waals surface area contributed by atoms with Gasteiger partial charge in [-0.25, -0.2) is 0 Å². The molecule has 0 spiro atoms. The number of ether oxygens (including phenoxy) is 1. The molecule has 2 rings (SSSR count). The molecule has 2 aromatic rings. The second kappa shape index (κ2) is 6.19. The first-order valence-corrected chi connectivity index (χ1v) is 6.41. The molecule has 98 valence electrons. The Bertz CT molecular complexity index is 529. The zero-order chi connectivity index (χ0) is 13.7. The molecule has 0 aromatic heterocycles. The summed E-state index contributed by atoms with van der Waals surface area (Å²) in [5, 5.41) is 0. The lowest BCUT2D eigenvalue weighted by atomic mass is 9.93. The number of carbonyl (C=O) groups is 1. The van der Waals surface area contributed by atoms with Crippen molar-refractivity contribution in [3.8, 4) is 5.75 Å². The molecular formula is C17H18O2. The van der Waals surface area contributed by atoms with Gasteiger partial charge in [0.25, 0.3) is 0 Å². The number of rotatable bonds is 5. The Morgan fingerprint density at radius 1 is 1.05 bits per heavy atom. The molecule has 2 aromatic carbocycles. The summed E-state index contributed by atoms with van der Waals surface area (Å²) in [4.78, 5) is 12.2. The summed E-state index contributed by atoms with van der Waals surface area (Å²) in [6.45, 7) is 1.95. The summed E-state index contributed by atoms with van der Waals surface area (Å²) in [5.41, 5.74) is 2.09. The fourth-order valence-corrected chi connectivity index (χ4v) is 2.03. The van der Waals surface area contributed by atoms with Crippen LogP contribution in [0.3, 0.4) is 0 Å². The van der Waals surface area contributed by atoms with Crippen LogP contribution in [0.15, 0.2) is 54.6 Å². The van der Waals surface area contributed by atoms with Crippen LogP contribution < -0.4 is 4.74 Å². The molecule has 0 aliphatic rings. The van der Waals surface area contributed by atoms with Crippen molar-refractivity contribution in [3.63, 3.8) is 0 Å². The van der Waals surface area contributed by atoms with Crippen molar-refractivity contribution in [2.45, 2.75) is 19.3 Å². The standard InChI is InChI=1S/C17H18O2/c1-13(15-8-10-16(19-2)11-9-15)17(18)12-14-6-4-3-5-7-14/h3-11,13H,12H2,1-2H3/t13-/m1/s1. The second-order valence-electron chi connectivity index (χ2n) is 4.62. The lowest BCUT2D eigenvalue weighted by molar-refractivity contribution is -0.119. The van der Waals surface area contributed by atoms with Crippen LogP contribution in [0.4, 0.5) is 0 Å². The maximum Gasteiger partial charge on any atom is 0.144 e. The van der Waals surface area contributed by atoms with Crippen LogP contribution in [-0.4, -0.2) is 12.9 Å². The van der Waals surface area contributed by atoms with Crippen LogP contribution in [0.25, 0.3) is 0 Å². The molecule has 0 radical (unpaired) electrons. The van der Waals surface area contributed by atoms with Gasteiger partial charge in [0, 0.05) is 12.3 Å². The number of hydrogen-bond donors (Lipinski definition) is 0. The Morgan fingerprint density at radius 3 is 2.26 bits per heavy atom. The predicted octanol–water partition coefficient (Wildman–Crippen LogP) is 3.61. The van der Waals surface area contributed by atoms with E-state index in [1.807, 2.05) is 61.5 Å². The van der Waals surface area contributed by atoms with Crippen LogP contribution in [0.5, 0.6) is 5.75 Å². The predicted molar refractivity (Wildman–Crippen MR) is 76.6 cm³/mol. The van der Waals surface area contributed by atoms with Crippen LogP contribution in [0.2, 0.25) is 0 Å². The van der Waals surface area contributed by atoms with Gasteiger partial charge in [0.2, 0.25) is 0 Å². The zero-order valence-electron chi connectivity index (χ0n) is 11.3. The molecule has 1 atom stereocenters. The van der Waals surface area contributed by atoms with Crippen molar-refractivity contribution < 1.29 is 9.53 Å². The molecule has 0 N–H and O–H groups in total. The molecule has 0 amide bonds. The van der Waals surface area contributed by atoms with E-state index in [4.69, 9.17) is 4.74 Å². The average Bonchev–Trinajstić information content (AvgIpc) is 2.47. The van der Waals surface area contributed by atoms with Crippen LogP contribution in [-0.2, 0) is 11.2 Å². The third-order valence-electron chi connectivity index (χ3n) is 3.32. The highest BCUT2D eigenvalue weighted by atomic mass is 16.5. The quantitative estimate of drug-likeness (QED) is 0.814. The Hall–Kier alpha value is -2.09. The van der Waals surface area contributed by atoms with E-state index < -0.39 is 0 Å². The largest absolute Gasteiger partial charge is 0.497 e. The summed E-state index contributed by atoms with van der Waals surface area (Å²) < 4.78 is 5.12. The molecule has 0 bridgehead atoms. The molecule has 0 saturated carbocycles. The number of Topliss-reactive ketones (excluding diaryl/α,β-unsaturated/α-hetero) is 1. The van der Waals surface area contributed by atoms with Crippen molar-refractivity contribution in [1.29, 1.82) is 0 Å². The van der Waals surface area contributed by atoms with Crippen LogP contribution in [0, 0.1) is 0 Å². The molecule has 19 heavy (non-hydrogen) atoms. The number of benzene rings is 2. The van der Waals surface area contributed by atoms with E-state index in [0.29, 0.717) is 6.42 Å². The lowest BCUT2D eigenvalue weighted by Gasteiger charge is -2.11. The van der Waals surface area contributed by atoms with Gasteiger partial charge in [0.15, 0.2) is 0 Å². The maximum absolute atomic E-state index is 12.2. The summed E-state index contributed by atoms with van der Waals surface area (Å²) >= 11 is 0. The van der Waals surface area contributed by atoms with Crippen molar-refractivity contribution in [2.24, 2.45) is 0 Å². The van der Waals surface area contributed by atoms with E-state index in [1.54, 1.807) is 7.11 Å². The minimum atomic E-state index is -0.0916. The third kappa shape index (κ3) is 3.44. The first-order chi connectivity index (χ1) is 9.20. The maximum atomic E-state index is 12.2. The van der Waals surface area contributed by atoms with Crippen molar-refractivity contribution in [1.82, 2.24) is 0 Å². The molecule has 0 aliphatic carbocycles. The van der Waals surface area contributed by atoms with Gasteiger partial charge < -0.3 is 4.74 Å². The van der Waals surface area contributed by atoms with Crippen molar-refractivity contribution in [3.05, 3.63) is 65.7 Å². The molecule has 0 saturated heterocycles. The van der Waals surface area contributed by atoms with E-state index in [1.165, 1.54) is 0 Å². The highest BCUT2D eigenvalue weighted by Crippen LogP contribution is 2.21. The lowest BCUT2D eigenvalue weighted by Crippen LogP contribution is -2.12. The van der Waals surface area contributed by atoms with Crippen molar-refractivity contribution in [2.75, 3.05) is 7.11 Å². The summed E-state index contributed by atoms with van der Waals surface area (Å²) in [7, 11) is 1.64. The first kappa shape index (κ1) is 13.3. The van der Waals surface area contributed by atoms with Gasteiger partial charge in [0.1, 0.15) is 11.5 Å². The SMILES string of the molecule is COc1ccc([C@@H](C)C(=O)Cc2ccccc2)cc1. The van der Waals surface area contributed by atoms with Gasteiger partial charge in [-0.3, -0.25) is 4.79 Å². The number of hydrogen-bond acceptors (Lipinski definition) is 2. The molecule has 0 fully saturated rings. The van der Waals surface area contributed by atoms with Gasteiger partial charge in [-0.15, -0.1) is 0 Å². The topological polar surface area (TPSA) is 26.3 Å². The molecule has 0 unspecified atom stereocenters. The Labute approximate surface area is 114 Å². The molecule has 0 heterocycles. The monoisotopic (exact) mass is 254 g/mol. The van der Waals surface area contributed by atoms with Gasteiger partial charge in [-0.1, -0.05) is 49.4 Å². The van der Waals surface area contributed by atoms with Crippen LogP contribution in [0.1, 0.15) is 24.0 Å². The first-order valence-electron chi connectivity index (χ1n) is 6.41. The minimum absolute atomic E-state index is 0.0916. The van der Waals surface area contributed by atoms with E-state index in [9.17, 15) is 4.79 Å². The highest BCUT2D eigenvalue weighted by Gasteiger charge is 2.15. The Balaban J connectivity index is 2.06. The smallest absolute Gasteiger partial charge is 0.144 e. The fraction of sp³-hybridized carbons (Fsp3) is 0.235. The minimum Gasteiger partial charge on any atom is -0.497 e. The van der Waals surface area contributed by atoms with Gasteiger partial charge in [0.05, 0.1) is 7.11 Å². The number of carbonyl (C=O) groups excluding carboxylic acids is 1. The van der Waals surface area contributed by atoms with E-state index in [2.05, 4.69) is 0 Å². The second-order valence-corrected chi connectivity index (χ2v) is 4.62. The molecular weight excluding hydrogens is 236 g/mol. The highest BCUT2D eigenvalue weighted by molar-refractivity contribution is 5.87. The Morgan fingerprint density at radius 2 is 1.68 bits per heavy atom. The molecule has 2 nitrogen and oxygen atoms in total. The molecule has 0 aliphatic heterocycles. The van der Waals surface area contributed by atoms with Crippen LogP contribution >= 0.6 is 0 Å². The normalized spacial score (nSPS) is 11.9. The number of ketones is 1.